The molecule has 0 radical (unpaired) electrons. The summed E-state index contributed by atoms with van der Waals surface area (Å²) in [6, 6.07) is 0.998. The molecule has 140 valence electrons. The van der Waals surface area contributed by atoms with Crippen LogP contribution in [0.5, 0.6) is 0 Å². The number of carbonyl (C=O) groups excluding carboxylic acids is 2. The molecule has 3 aliphatic rings. The van der Waals surface area contributed by atoms with Crippen molar-refractivity contribution in [2.24, 2.45) is 11.7 Å². The lowest BCUT2D eigenvalue weighted by molar-refractivity contribution is -0.135. The molecule has 3 fully saturated rings. The van der Waals surface area contributed by atoms with E-state index >= 15 is 0 Å². The summed E-state index contributed by atoms with van der Waals surface area (Å²) in [7, 11) is 3.52. The maximum absolute atomic E-state index is 13.0. The predicted octanol–water partition coefficient (Wildman–Crippen LogP) is 0.755. The van der Waals surface area contributed by atoms with Crippen molar-refractivity contribution in [3.8, 4) is 18.4 Å². The summed E-state index contributed by atoms with van der Waals surface area (Å²) in [5, 5.41) is 9.33. The van der Waals surface area contributed by atoms with E-state index in [-0.39, 0.29) is 36.0 Å². The molecular formula is C19H27N5O2. The van der Waals surface area contributed by atoms with Gasteiger partial charge in [-0.15, -0.1) is 6.42 Å². The summed E-state index contributed by atoms with van der Waals surface area (Å²) >= 11 is 0. The van der Waals surface area contributed by atoms with Gasteiger partial charge in [-0.25, -0.2) is 4.79 Å². The fourth-order valence-corrected chi connectivity index (χ4v) is 4.84. The number of piperidine rings is 1. The topological polar surface area (TPSA) is 93.7 Å². The number of terminal acetylenes is 1. The van der Waals surface area contributed by atoms with Crippen LogP contribution in [0, 0.1) is 29.6 Å². The Bertz CT molecular complexity index is 628. The molecule has 3 amide bonds. The molecule has 0 aromatic rings. The fourth-order valence-electron chi connectivity index (χ4n) is 4.84. The first kappa shape index (κ1) is 18.5. The number of carbonyl (C=O) groups is 2. The quantitative estimate of drug-likeness (QED) is 0.738. The first-order valence-electron chi connectivity index (χ1n) is 9.32. The molecule has 0 aromatic heterocycles. The molecule has 2 unspecified atom stereocenters. The van der Waals surface area contributed by atoms with Crippen molar-refractivity contribution in [2.75, 3.05) is 14.1 Å². The predicted molar refractivity (Wildman–Crippen MR) is 96.5 cm³/mol. The Hall–Kier alpha value is -2.25. The minimum Gasteiger partial charge on any atom is -0.331 e. The standard InChI is InChI=1S/C19H27N5O2/c1-4-13-5-8-16(11-20)23(13)18(25)17(21)12-9-14-6-7-15(10-12)24(14)19(26)22(2)3/h1,12-17H,5-10,21H2,2-3H3/t13?,14-,15-,16?,17-/m0/s1. The molecule has 3 heterocycles. The summed E-state index contributed by atoms with van der Waals surface area (Å²) in [6.45, 7) is 0. The van der Waals surface area contributed by atoms with E-state index in [1.54, 1.807) is 19.0 Å². The smallest absolute Gasteiger partial charge is 0.319 e. The van der Waals surface area contributed by atoms with Crippen LogP contribution in [0.3, 0.4) is 0 Å². The van der Waals surface area contributed by atoms with Gasteiger partial charge in [-0.3, -0.25) is 4.79 Å². The van der Waals surface area contributed by atoms with Crippen molar-refractivity contribution in [1.29, 1.82) is 5.26 Å². The molecule has 2 bridgehead atoms. The average molecular weight is 357 g/mol. The van der Waals surface area contributed by atoms with Gasteiger partial charge in [-0.05, 0) is 44.4 Å². The molecule has 3 rings (SSSR count). The van der Waals surface area contributed by atoms with Crippen molar-refractivity contribution in [3.63, 3.8) is 0 Å². The molecule has 0 spiro atoms. The number of amides is 3. The molecule has 3 saturated heterocycles. The lowest BCUT2D eigenvalue weighted by atomic mass is 9.84. The highest BCUT2D eigenvalue weighted by Crippen LogP contribution is 2.40. The van der Waals surface area contributed by atoms with Gasteiger partial charge in [0.15, 0.2) is 0 Å². The van der Waals surface area contributed by atoms with E-state index in [0.717, 1.165) is 25.7 Å². The third-order valence-corrected chi connectivity index (χ3v) is 6.15. The average Bonchev–Trinajstić information content (AvgIpc) is 3.17. The van der Waals surface area contributed by atoms with Crippen molar-refractivity contribution in [3.05, 3.63) is 0 Å². The summed E-state index contributed by atoms with van der Waals surface area (Å²) in [5.74, 6) is 2.43. The molecule has 7 nitrogen and oxygen atoms in total. The fraction of sp³-hybridized carbons (Fsp3) is 0.737. The number of nitrogens with zero attached hydrogens (tertiary/aromatic N) is 4. The number of fused-ring (bicyclic) bond motifs is 2. The van der Waals surface area contributed by atoms with Gasteiger partial charge >= 0.3 is 6.03 Å². The number of nitriles is 1. The molecule has 3 aliphatic heterocycles. The number of likely N-dealkylation sites (tertiary alicyclic amines) is 1. The Balaban J connectivity index is 1.71. The van der Waals surface area contributed by atoms with Crippen LogP contribution < -0.4 is 5.73 Å². The van der Waals surface area contributed by atoms with Gasteiger partial charge in [0.2, 0.25) is 5.91 Å². The van der Waals surface area contributed by atoms with Crippen LogP contribution in [0.1, 0.15) is 38.5 Å². The van der Waals surface area contributed by atoms with Crippen LogP contribution in [-0.4, -0.2) is 70.9 Å². The Kier molecular flexibility index (Phi) is 5.11. The van der Waals surface area contributed by atoms with Crippen molar-refractivity contribution < 1.29 is 9.59 Å². The van der Waals surface area contributed by atoms with Gasteiger partial charge in [0.1, 0.15) is 6.04 Å². The zero-order valence-electron chi connectivity index (χ0n) is 15.5. The monoisotopic (exact) mass is 357 g/mol. The van der Waals surface area contributed by atoms with Crippen molar-refractivity contribution in [1.82, 2.24) is 14.7 Å². The zero-order chi connectivity index (χ0) is 19.0. The summed E-state index contributed by atoms with van der Waals surface area (Å²) < 4.78 is 0. The molecule has 26 heavy (non-hydrogen) atoms. The Morgan fingerprint density at radius 2 is 1.69 bits per heavy atom. The van der Waals surface area contributed by atoms with Crippen molar-refractivity contribution >= 4 is 11.9 Å². The Labute approximate surface area is 155 Å². The van der Waals surface area contributed by atoms with E-state index in [2.05, 4.69) is 12.0 Å². The lowest BCUT2D eigenvalue weighted by Crippen LogP contribution is -2.57. The largest absolute Gasteiger partial charge is 0.331 e. The SMILES string of the molecule is C#CC1CCC(C#N)N1C(=O)[C@@H](N)C1C[C@@H]2CC[C@@H](C1)N2C(=O)N(C)C. The van der Waals surface area contributed by atoms with Crippen molar-refractivity contribution in [2.45, 2.75) is 68.7 Å². The van der Waals surface area contributed by atoms with E-state index in [0.29, 0.717) is 12.8 Å². The summed E-state index contributed by atoms with van der Waals surface area (Å²) in [5.41, 5.74) is 6.36. The Morgan fingerprint density at radius 1 is 1.12 bits per heavy atom. The van der Waals surface area contributed by atoms with Crippen LogP contribution in [0.2, 0.25) is 0 Å². The normalized spacial score (nSPS) is 34.1. The second-order valence-corrected chi connectivity index (χ2v) is 7.88. The number of nitrogens with two attached hydrogens (primary N) is 1. The number of hydrogen-bond acceptors (Lipinski definition) is 4. The second kappa shape index (κ2) is 7.17. The van der Waals surface area contributed by atoms with Gasteiger partial charge in [0, 0.05) is 26.2 Å². The molecule has 5 atom stereocenters. The van der Waals surface area contributed by atoms with E-state index in [1.165, 1.54) is 4.90 Å². The highest BCUT2D eigenvalue weighted by molar-refractivity contribution is 5.84. The van der Waals surface area contributed by atoms with E-state index in [4.69, 9.17) is 12.2 Å². The van der Waals surface area contributed by atoms with Gasteiger partial charge in [0.25, 0.3) is 0 Å². The Morgan fingerprint density at radius 3 is 2.19 bits per heavy atom. The first-order valence-corrected chi connectivity index (χ1v) is 9.32. The highest BCUT2D eigenvalue weighted by Gasteiger charge is 2.48. The molecular weight excluding hydrogens is 330 g/mol. The maximum Gasteiger partial charge on any atom is 0.319 e. The zero-order valence-corrected chi connectivity index (χ0v) is 15.5. The van der Waals surface area contributed by atoms with E-state index < -0.39 is 12.1 Å². The summed E-state index contributed by atoms with van der Waals surface area (Å²) in [4.78, 5) is 30.5. The van der Waals surface area contributed by atoms with Gasteiger partial charge in [0.05, 0.1) is 18.2 Å². The molecule has 2 N–H and O–H groups in total. The number of hydrogen-bond donors (Lipinski definition) is 1. The first-order chi connectivity index (χ1) is 12.4. The number of urea groups is 1. The second-order valence-electron chi connectivity index (χ2n) is 7.88. The molecule has 0 saturated carbocycles. The third kappa shape index (κ3) is 3.01. The molecule has 0 aromatic carbocycles. The van der Waals surface area contributed by atoms with E-state index in [9.17, 15) is 14.9 Å². The minimum absolute atomic E-state index is 0.0181. The molecule has 0 aliphatic carbocycles. The van der Waals surface area contributed by atoms with E-state index in [1.807, 2.05) is 4.90 Å². The maximum atomic E-state index is 13.0. The van der Waals surface area contributed by atoms with Crippen LogP contribution in [0.25, 0.3) is 0 Å². The van der Waals surface area contributed by atoms with Crippen LogP contribution in [0.15, 0.2) is 0 Å². The van der Waals surface area contributed by atoms with Gasteiger partial charge in [-0.2, -0.15) is 5.26 Å². The number of rotatable bonds is 2. The summed E-state index contributed by atoms with van der Waals surface area (Å²) in [6.07, 6.45) is 10.2. The van der Waals surface area contributed by atoms with Crippen LogP contribution in [0.4, 0.5) is 4.79 Å². The highest BCUT2D eigenvalue weighted by atomic mass is 16.2. The van der Waals surface area contributed by atoms with Crippen LogP contribution in [-0.2, 0) is 4.79 Å². The lowest BCUT2D eigenvalue weighted by Gasteiger charge is -2.42. The third-order valence-electron chi connectivity index (χ3n) is 6.15. The molecule has 7 heteroatoms. The van der Waals surface area contributed by atoms with Gasteiger partial charge < -0.3 is 20.4 Å². The van der Waals surface area contributed by atoms with Gasteiger partial charge in [-0.1, -0.05) is 5.92 Å². The minimum atomic E-state index is -0.667. The van der Waals surface area contributed by atoms with Crippen LogP contribution >= 0.6 is 0 Å².